The fourth-order valence-corrected chi connectivity index (χ4v) is 2.05. The van der Waals surface area contributed by atoms with E-state index in [4.69, 9.17) is 0 Å². The average molecular weight is 274 g/mol. The fraction of sp³-hybridized carbons (Fsp3) is 0.200. The number of anilines is 1. The maximum absolute atomic E-state index is 13.7. The fourth-order valence-electron chi connectivity index (χ4n) is 2.05. The van der Waals surface area contributed by atoms with Crippen LogP contribution in [0.1, 0.15) is 24.1 Å². The monoisotopic (exact) mass is 274 g/mol. The van der Waals surface area contributed by atoms with Crippen LogP contribution in [0.3, 0.4) is 0 Å². The van der Waals surface area contributed by atoms with E-state index in [0.29, 0.717) is 11.3 Å². The van der Waals surface area contributed by atoms with Gasteiger partial charge in [0.05, 0.1) is 11.0 Å². The Bertz CT molecular complexity index is 644. The summed E-state index contributed by atoms with van der Waals surface area (Å²) < 4.78 is 13.7. The zero-order valence-electron chi connectivity index (χ0n) is 11.3. The molecule has 0 fully saturated rings. The van der Waals surface area contributed by atoms with Gasteiger partial charge in [-0.25, -0.2) is 4.39 Å². The number of aryl methyl sites for hydroxylation is 1. The van der Waals surface area contributed by atoms with E-state index in [1.165, 1.54) is 12.1 Å². The summed E-state index contributed by atoms with van der Waals surface area (Å²) in [7, 11) is 0. The highest BCUT2D eigenvalue weighted by molar-refractivity contribution is 5.63. The maximum atomic E-state index is 13.7. The minimum Gasteiger partial charge on any atom is -0.373 e. The molecule has 0 saturated heterocycles. The second-order valence-corrected chi connectivity index (χ2v) is 4.67. The molecular weight excluding hydrogens is 259 g/mol. The molecule has 0 heterocycles. The molecule has 0 radical (unpaired) electrons. The quantitative estimate of drug-likeness (QED) is 0.671. The molecule has 0 aliphatic heterocycles. The van der Waals surface area contributed by atoms with E-state index in [2.05, 4.69) is 5.32 Å². The van der Waals surface area contributed by atoms with Gasteiger partial charge in [-0.1, -0.05) is 24.3 Å². The lowest BCUT2D eigenvalue weighted by atomic mass is 10.1. The molecule has 0 aliphatic carbocycles. The molecule has 0 bridgehead atoms. The summed E-state index contributed by atoms with van der Waals surface area (Å²) in [6.07, 6.45) is 0. The number of hydrogen-bond acceptors (Lipinski definition) is 3. The summed E-state index contributed by atoms with van der Waals surface area (Å²) in [6, 6.07) is 10.9. The number of benzene rings is 2. The summed E-state index contributed by atoms with van der Waals surface area (Å²) >= 11 is 0. The summed E-state index contributed by atoms with van der Waals surface area (Å²) in [4.78, 5) is 10.6. The van der Waals surface area contributed by atoms with E-state index in [1.807, 2.05) is 0 Å². The molecule has 0 spiro atoms. The molecule has 1 N–H and O–H groups in total. The Kier molecular flexibility index (Phi) is 3.98. The Morgan fingerprint density at radius 2 is 1.95 bits per heavy atom. The second kappa shape index (κ2) is 5.69. The molecule has 0 saturated carbocycles. The molecule has 0 aromatic heterocycles. The van der Waals surface area contributed by atoms with E-state index in [9.17, 15) is 14.5 Å². The number of halogens is 1. The highest BCUT2D eigenvalue weighted by Gasteiger charge is 2.17. The van der Waals surface area contributed by atoms with Gasteiger partial charge < -0.3 is 5.32 Å². The lowest BCUT2D eigenvalue weighted by Crippen LogP contribution is -2.10. The van der Waals surface area contributed by atoms with Crippen LogP contribution in [-0.2, 0) is 0 Å². The topological polar surface area (TPSA) is 55.2 Å². The Labute approximate surface area is 116 Å². The van der Waals surface area contributed by atoms with E-state index in [1.54, 1.807) is 44.2 Å². The van der Waals surface area contributed by atoms with Gasteiger partial charge in [0, 0.05) is 11.6 Å². The number of nitrogens with zero attached hydrogens (tertiary/aromatic N) is 1. The van der Waals surface area contributed by atoms with Crippen LogP contribution in [-0.4, -0.2) is 4.92 Å². The molecule has 1 atom stereocenters. The van der Waals surface area contributed by atoms with Crippen LogP contribution in [0.25, 0.3) is 0 Å². The molecule has 4 nitrogen and oxygen atoms in total. The molecule has 0 amide bonds. The van der Waals surface area contributed by atoms with Crippen molar-refractivity contribution in [3.05, 3.63) is 69.5 Å². The molecule has 20 heavy (non-hydrogen) atoms. The first-order valence-electron chi connectivity index (χ1n) is 6.25. The Morgan fingerprint density at radius 1 is 1.25 bits per heavy atom. The van der Waals surface area contributed by atoms with E-state index >= 15 is 0 Å². The van der Waals surface area contributed by atoms with Gasteiger partial charge in [0.15, 0.2) is 0 Å². The van der Waals surface area contributed by atoms with Gasteiger partial charge in [0.1, 0.15) is 11.5 Å². The second-order valence-electron chi connectivity index (χ2n) is 4.67. The first-order chi connectivity index (χ1) is 9.49. The number of nitrogens with one attached hydrogen (secondary N) is 1. The van der Waals surface area contributed by atoms with Crippen molar-refractivity contribution in [1.29, 1.82) is 0 Å². The van der Waals surface area contributed by atoms with Crippen LogP contribution >= 0.6 is 0 Å². The summed E-state index contributed by atoms with van der Waals surface area (Å²) in [5, 5.41) is 14.0. The standard InChI is InChI=1S/C15H15FN2O2/c1-10-7-8-14(15(9-10)18(19)20)17-11(2)12-5-3-4-6-13(12)16/h3-9,11,17H,1-2H3. The number of nitro benzene ring substituents is 1. The van der Waals surface area contributed by atoms with Gasteiger partial charge in [0.25, 0.3) is 5.69 Å². The molecule has 104 valence electrons. The van der Waals surface area contributed by atoms with Crippen molar-refractivity contribution >= 4 is 11.4 Å². The van der Waals surface area contributed by atoms with Crippen molar-refractivity contribution in [1.82, 2.24) is 0 Å². The van der Waals surface area contributed by atoms with Crippen LogP contribution < -0.4 is 5.32 Å². The molecular formula is C15H15FN2O2. The lowest BCUT2D eigenvalue weighted by Gasteiger charge is -2.16. The van der Waals surface area contributed by atoms with Gasteiger partial charge in [-0.2, -0.15) is 0 Å². The molecule has 5 heteroatoms. The summed E-state index contributed by atoms with van der Waals surface area (Å²) in [6.45, 7) is 3.55. The predicted molar refractivity (Wildman–Crippen MR) is 76.3 cm³/mol. The Morgan fingerprint density at radius 3 is 2.60 bits per heavy atom. The number of rotatable bonds is 4. The van der Waals surface area contributed by atoms with Crippen molar-refractivity contribution in [2.45, 2.75) is 19.9 Å². The first kappa shape index (κ1) is 14.0. The van der Waals surface area contributed by atoms with Crippen LogP contribution in [0.5, 0.6) is 0 Å². The van der Waals surface area contributed by atoms with Gasteiger partial charge in [-0.15, -0.1) is 0 Å². The van der Waals surface area contributed by atoms with Gasteiger partial charge >= 0.3 is 0 Å². The SMILES string of the molecule is Cc1ccc(NC(C)c2ccccc2F)c([N+](=O)[O-])c1. The summed E-state index contributed by atoms with van der Waals surface area (Å²) in [5.41, 5.74) is 1.66. The average Bonchev–Trinajstić information content (AvgIpc) is 2.41. The van der Waals surface area contributed by atoms with Crippen molar-refractivity contribution in [3.63, 3.8) is 0 Å². The van der Waals surface area contributed by atoms with E-state index < -0.39 is 4.92 Å². The maximum Gasteiger partial charge on any atom is 0.292 e. The molecule has 2 aromatic rings. The Hall–Kier alpha value is -2.43. The normalized spacial score (nSPS) is 11.9. The zero-order valence-corrected chi connectivity index (χ0v) is 11.3. The minimum absolute atomic E-state index is 0.00631. The van der Waals surface area contributed by atoms with Gasteiger partial charge in [-0.05, 0) is 31.5 Å². The number of nitro groups is 1. The first-order valence-corrected chi connectivity index (χ1v) is 6.25. The smallest absolute Gasteiger partial charge is 0.292 e. The molecule has 0 aliphatic rings. The van der Waals surface area contributed by atoms with Crippen molar-refractivity contribution in [2.24, 2.45) is 0 Å². The van der Waals surface area contributed by atoms with Gasteiger partial charge in [-0.3, -0.25) is 10.1 Å². The van der Waals surface area contributed by atoms with Crippen LogP contribution in [0.2, 0.25) is 0 Å². The predicted octanol–water partition coefficient (Wildman–Crippen LogP) is 4.22. The molecule has 2 rings (SSSR count). The molecule has 2 aromatic carbocycles. The van der Waals surface area contributed by atoms with Crippen LogP contribution in [0.15, 0.2) is 42.5 Å². The summed E-state index contributed by atoms with van der Waals surface area (Å²) in [5.74, 6) is -0.331. The van der Waals surface area contributed by atoms with Crippen LogP contribution in [0, 0.1) is 22.9 Å². The largest absolute Gasteiger partial charge is 0.373 e. The minimum atomic E-state index is -0.441. The zero-order chi connectivity index (χ0) is 14.7. The highest BCUT2D eigenvalue weighted by Crippen LogP contribution is 2.29. The molecule has 1 unspecified atom stereocenters. The van der Waals surface area contributed by atoms with Crippen molar-refractivity contribution in [2.75, 3.05) is 5.32 Å². The highest BCUT2D eigenvalue weighted by atomic mass is 19.1. The van der Waals surface area contributed by atoms with Crippen molar-refractivity contribution < 1.29 is 9.31 Å². The third-order valence-corrected chi connectivity index (χ3v) is 3.09. The Balaban J connectivity index is 2.31. The van der Waals surface area contributed by atoms with E-state index in [0.717, 1.165) is 5.56 Å². The lowest BCUT2D eigenvalue weighted by molar-refractivity contribution is -0.384. The third kappa shape index (κ3) is 2.93. The van der Waals surface area contributed by atoms with Crippen molar-refractivity contribution in [3.8, 4) is 0 Å². The van der Waals surface area contributed by atoms with Gasteiger partial charge in [0.2, 0.25) is 0 Å². The number of hydrogen-bond donors (Lipinski definition) is 1. The van der Waals surface area contributed by atoms with Crippen LogP contribution in [0.4, 0.5) is 15.8 Å². The van der Waals surface area contributed by atoms with E-state index in [-0.39, 0.29) is 17.5 Å². The third-order valence-electron chi connectivity index (χ3n) is 3.09.